The molecule has 1 aliphatic rings. The molecule has 12 heteroatoms. The van der Waals surface area contributed by atoms with Gasteiger partial charge < -0.3 is 14.6 Å². The minimum Gasteiger partial charge on any atom is -0.507 e. The molecular weight excluding hydrogens is 628 g/mol. The Morgan fingerprint density at radius 1 is 0.957 bits per heavy atom. The molecule has 1 N–H and O–H groups in total. The van der Waals surface area contributed by atoms with Gasteiger partial charge in [-0.15, -0.1) is 10.2 Å². The quantitative estimate of drug-likeness (QED) is 0.0530. The van der Waals surface area contributed by atoms with Crippen molar-refractivity contribution in [3.05, 3.63) is 131 Å². The monoisotopic (exact) mass is 654 g/mol. The number of pyridine rings is 1. The van der Waals surface area contributed by atoms with Crippen molar-refractivity contribution in [1.82, 2.24) is 15.2 Å². The number of ether oxygens (including phenoxy) is 2. The Hall–Kier alpha value is -5.07. The molecule has 6 rings (SSSR count). The van der Waals surface area contributed by atoms with Gasteiger partial charge in [-0.25, -0.2) is 4.39 Å². The molecule has 0 radical (unpaired) electrons. The standard InChI is InChI=1S/C34H27FN4O5S2/c1-2-43-27-18-23(12-13-26(27)44-19-21-8-4-3-5-9-21)29-28(30(40)22-14-16-36-17-15-22)31(41)32(42)39(29)33-37-38-34(46-33)45-20-24-10-6-7-11-25(24)35/h3-18,29,40H,2,19-20H2,1H3/b30-28+. The number of nitrogens with zero attached hydrogens (tertiary/aromatic N) is 4. The third kappa shape index (κ3) is 6.49. The number of thioether (sulfide) groups is 1. The molecule has 1 saturated heterocycles. The number of carbonyl (C=O) groups excluding carboxylic acids is 2. The van der Waals surface area contributed by atoms with Crippen LogP contribution in [0.25, 0.3) is 5.76 Å². The summed E-state index contributed by atoms with van der Waals surface area (Å²) in [6.07, 6.45) is 2.96. The van der Waals surface area contributed by atoms with E-state index in [9.17, 15) is 19.1 Å². The van der Waals surface area contributed by atoms with Crippen LogP contribution in [-0.2, 0) is 21.9 Å². The maximum Gasteiger partial charge on any atom is 0.301 e. The Morgan fingerprint density at radius 2 is 1.72 bits per heavy atom. The SMILES string of the molecule is CCOc1cc(C2/C(=C(\O)c3ccncc3)C(=O)C(=O)N2c2nnc(SCc3ccccc3F)s2)ccc1OCc1ccccc1. The minimum absolute atomic E-state index is 0.118. The fourth-order valence-electron chi connectivity index (χ4n) is 4.94. The molecule has 1 fully saturated rings. The minimum atomic E-state index is -1.06. The number of halogens is 1. The number of ketones is 1. The molecule has 3 heterocycles. The van der Waals surface area contributed by atoms with Crippen LogP contribution < -0.4 is 14.4 Å². The van der Waals surface area contributed by atoms with Crippen LogP contribution in [0.15, 0.2) is 107 Å². The van der Waals surface area contributed by atoms with Gasteiger partial charge in [0.25, 0.3) is 5.78 Å². The number of Topliss-reactive ketones (excluding diaryl/α,β-unsaturated/α-hetero) is 1. The van der Waals surface area contributed by atoms with E-state index < -0.39 is 17.7 Å². The fraction of sp³-hybridized carbons (Fsp3) is 0.147. The summed E-state index contributed by atoms with van der Waals surface area (Å²) in [5, 5.41) is 20.0. The topological polar surface area (TPSA) is 115 Å². The zero-order valence-electron chi connectivity index (χ0n) is 24.5. The van der Waals surface area contributed by atoms with Crippen molar-refractivity contribution in [3.8, 4) is 11.5 Å². The van der Waals surface area contributed by atoms with E-state index >= 15 is 0 Å². The Kier molecular flexibility index (Phi) is 9.36. The zero-order valence-corrected chi connectivity index (χ0v) is 26.1. The molecular formula is C34H27FN4O5S2. The van der Waals surface area contributed by atoms with Crippen molar-refractivity contribution in [2.45, 2.75) is 29.7 Å². The lowest BCUT2D eigenvalue weighted by molar-refractivity contribution is -0.132. The number of anilines is 1. The number of aliphatic hydroxyl groups excluding tert-OH is 1. The number of benzene rings is 3. The summed E-state index contributed by atoms with van der Waals surface area (Å²) in [6, 6.07) is 23.3. The predicted octanol–water partition coefficient (Wildman–Crippen LogP) is 6.97. The molecule has 0 saturated carbocycles. The molecule has 3 aromatic carbocycles. The normalized spacial score (nSPS) is 15.7. The maximum atomic E-state index is 14.2. The van der Waals surface area contributed by atoms with Gasteiger partial charge in [0.15, 0.2) is 15.8 Å². The average molecular weight is 655 g/mol. The lowest BCUT2D eigenvalue weighted by atomic mass is 9.95. The van der Waals surface area contributed by atoms with Gasteiger partial charge in [0, 0.05) is 23.7 Å². The van der Waals surface area contributed by atoms with Crippen LogP contribution in [0.3, 0.4) is 0 Å². The first-order valence-electron chi connectivity index (χ1n) is 14.3. The molecule has 46 heavy (non-hydrogen) atoms. The summed E-state index contributed by atoms with van der Waals surface area (Å²) in [6.45, 7) is 2.48. The first-order valence-corrected chi connectivity index (χ1v) is 16.1. The van der Waals surface area contributed by atoms with E-state index in [0.29, 0.717) is 51.5 Å². The summed E-state index contributed by atoms with van der Waals surface area (Å²) in [5.41, 5.74) is 2.16. The van der Waals surface area contributed by atoms with Crippen molar-refractivity contribution in [2.24, 2.45) is 0 Å². The van der Waals surface area contributed by atoms with Gasteiger partial charge in [0.1, 0.15) is 18.2 Å². The number of aromatic nitrogens is 3. The van der Waals surface area contributed by atoms with Gasteiger partial charge >= 0.3 is 5.91 Å². The van der Waals surface area contributed by atoms with Gasteiger partial charge in [0.05, 0.1) is 18.2 Å². The van der Waals surface area contributed by atoms with Crippen molar-refractivity contribution in [2.75, 3.05) is 11.5 Å². The van der Waals surface area contributed by atoms with Crippen LogP contribution in [-0.4, -0.2) is 38.6 Å². The highest BCUT2D eigenvalue weighted by molar-refractivity contribution is 8.00. The lowest BCUT2D eigenvalue weighted by Crippen LogP contribution is -2.29. The van der Waals surface area contributed by atoms with Gasteiger partial charge in [-0.1, -0.05) is 77.7 Å². The summed E-state index contributed by atoms with van der Waals surface area (Å²) in [7, 11) is 0. The molecule has 0 spiro atoms. The average Bonchev–Trinajstić information content (AvgIpc) is 3.66. The second-order valence-corrected chi connectivity index (χ2v) is 12.2. The van der Waals surface area contributed by atoms with Crippen molar-refractivity contribution < 1.29 is 28.6 Å². The highest BCUT2D eigenvalue weighted by Gasteiger charge is 2.48. The van der Waals surface area contributed by atoms with Crippen LogP contribution >= 0.6 is 23.1 Å². The van der Waals surface area contributed by atoms with E-state index in [0.717, 1.165) is 16.9 Å². The smallest absolute Gasteiger partial charge is 0.301 e. The predicted molar refractivity (Wildman–Crippen MR) is 173 cm³/mol. The summed E-state index contributed by atoms with van der Waals surface area (Å²) in [4.78, 5) is 32.5. The van der Waals surface area contributed by atoms with E-state index in [1.807, 2.05) is 37.3 Å². The Bertz CT molecular complexity index is 1900. The van der Waals surface area contributed by atoms with Crippen molar-refractivity contribution in [1.29, 1.82) is 0 Å². The molecule has 5 aromatic rings. The number of carbonyl (C=O) groups is 2. The first-order chi connectivity index (χ1) is 22.4. The molecule has 0 aliphatic carbocycles. The highest BCUT2D eigenvalue weighted by Crippen LogP contribution is 2.45. The number of hydrogen-bond acceptors (Lipinski definition) is 10. The van der Waals surface area contributed by atoms with Crippen LogP contribution in [0, 0.1) is 5.82 Å². The number of rotatable bonds is 11. The zero-order chi connectivity index (χ0) is 32.0. The highest BCUT2D eigenvalue weighted by atomic mass is 32.2. The summed E-state index contributed by atoms with van der Waals surface area (Å²) >= 11 is 2.36. The maximum absolute atomic E-state index is 14.2. The molecule has 1 unspecified atom stereocenters. The van der Waals surface area contributed by atoms with E-state index in [-0.39, 0.29) is 22.3 Å². The van der Waals surface area contributed by atoms with Gasteiger partial charge in [-0.2, -0.15) is 0 Å². The third-order valence-corrected chi connectivity index (χ3v) is 9.23. The number of amides is 1. The molecule has 232 valence electrons. The van der Waals surface area contributed by atoms with E-state index in [1.54, 1.807) is 48.5 Å². The Balaban J connectivity index is 1.39. The van der Waals surface area contributed by atoms with Crippen LogP contribution in [0.4, 0.5) is 9.52 Å². The molecule has 2 aromatic heterocycles. The van der Waals surface area contributed by atoms with Gasteiger partial charge in [-0.05, 0) is 53.9 Å². The van der Waals surface area contributed by atoms with Crippen LogP contribution in [0.2, 0.25) is 0 Å². The van der Waals surface area contributed by atoms with Gasteiger partial charge in [-0.3, -0.25) is 19.5 Å². The number of hydrogen-bond donors (Lipinski definition) is 1. The van der Waals surface area contributed by atoms with Crippen LogP contribution in [0.5, 0.6) is 11.5 Å². The second-order valence-electron chi connectivity index (χ2n) is 10.0. The lowest BCUT2D eigenvalue weighted by Gasteiger charge is -2.23. The largest absolute Gasteiger partial charge is 0.507 e. The van der Waals surface area contributed by atoms with Crippen LogP contribution in [0.1, 0.15) is 35.2 Å². The Labute approximate surface area is 272 Å². The molecule has 1 aliphatic heterocycles. The molecule has 1 amide bonds. The first kappa shape index (κ1) is 30.9. The fourth-order valence-corrected chi connectivity index (χ4v) is 6.80. The molecule has 1 atom stereocenters. The summed E-state index contributed by atoms with van der Waals surface area (Å²) < 4.78 is 26.7. The summed E-state index contributed by atoms with van der Waals surface area (Å²) in [5.74, 6) is -1.25. The van der Waals surface area contributed by atoms with Crippen molar-refractivity contribution >= 4 is 45.7 Å². The van der Waals surface area contributed by atoms with Crippen molar-refractivity contribution in [3.63, 3.8) is 0 Å². The van der Waals surface area contributed by atoms with E-state index in [4.69, 9.17) is 9.47 Å². The Morgan fingerprint density at radius 3 is 2.48 bits per heavy atom. The molecule has 9 nitrogen and oxygen atoms in total. The second kappa shape index (κ2) is 13.9. The van der Waals surface area contributed by atoms with E-state index in [1.165, 1.54) is 35.1 Å². The number of aliphatic hydroxyl groups is 1. The third-order valence-electron chi connectivity index (χ3n) is 7.13. The molecule has 0 bridgehead atoms. The van der Waals surface area contributed by atoms with E-state index in [2.05, 4.69) is 15.2 Å². The van der Waals surface area contributed by atoms with Gasteiger partial charge in [0.2, 0.25) is 5.13 Å².